The highest BCUT2D eigenvalue weighted by atomic mass is 35.5. The van der Waals surface area contributed by atoms with E-state index >= 15 is 0 Å². The molecule has 0 radical (unpaired) electrons. The fourth-order valence-electron chi connectivity index (χ4n) is 2.47. The molecule has 1 fully saturated rings. The number of aliphatic hydroxyl groups is 1. The van der Waals surface area contributed by atoms with Crippen LogP contribution in [-0.4, -0.2) is 51.7 Å². The number of carboxylic acid groups (broad SMARTS) is 1. The predicted octanol–water partition coefficient (Wildman–Crippen LogP) is 0.256. The summed E-state index contributed by atoms with van der Waals surface area (Å²) in [6.45, 7) is 0.00409. The summed E-state index contributed by atoms with van der Waals surface area (Å²) in [5.41, 5.74) is 6.72. The van der Waals surface area contributed by atoms with Crippen molar-refractivity contribution in [2.75, 3.05) is 6.54 Å². The zero-order valence-electron chi connectivity index (χ0n) is 11.3. The Kier molecular flexibility index (Phi) is 4.82. The molecular formula is C14H17ClN2O4. The van der Waals surface area contributed by atoms with Crippen molar-refractivity contribution in [1.29, 1.82) is 0 Å². The lowest BCUT2D eigenvalue weighted by Gasteiger charge is -2.24. The van der Waals surface area contributed by atoms with Crippen LogP contribution in [0.3, 0.4) is 0 Å². The molecule has 0 aliphatic carbocycles. The normalized spacial score (nSPS) is 23.1. The van der Waals surface area contributed by atoms with Crippen molar-refractivity contribution < 1.29 is 19.8 Å². The number of aliphatic hydroxyl groups excluding tert-OH is 1. The minimum absolute atomic E-state index is 0.00409. The van der Waals surface area contributed by atoms with Gasteiger partial charge in [-0.05, 0) is 24.1 Å². The van der Waals surface area contributed by atoms with E-state index in [1.807, 2.05) is 0 Å². The number of nitrogens with zero attached hydrogens (tertiary/aromatic N) is 1. The SMILES string of the molecule is NC(Cc1ccc(Cl)cc1)C(=O)N1C[C@H](O)C[C@H]1C(=O)O. The van der Waals surface area contributed by atoms with Crippen LogP contribution in [0.15, 0.2) is 24.3 Å². The number of rotatable bonds is 4. The smallest absolute Gasteiger partial charge is 0.326 e. The number of carbonyl (C=O) groups excluding carboxylic acids is 1. The fraction of sp³-hybridized carbons (Fsp3) is 0.429. The van der Waals surface area contributed by atoms with E-state index in [-0.39, 0.29) is 19.4 Å². The molecule has 1 saturated heterocycles. The molecule has 114 valence electrons. The molecule has 4 N–H and O–H groups in total. The number of halogens is 1. The summed E-state index contributed by atoms with van der Waals surface area (Å²) in [5.74, 6) is -1.59. The Morgan fingerprint density at radius 3 is 2.57 bits per heavy atom. The minimum Gasteiger partial charge on any atom is -0.480 e. The van der Waals surface area contributed by atoms with Gasteiger partial charge in [0.1, 0.15) is 6.04 Å². The number of likely N-dealkylation sites (tertiary alicyclic amines) is 1. The van der Waals surface area contributed by atoms with Crippen molar-refractivity contribution in [3.05, 3.63) is 34.9 Å². The molecule has 1 heterocycles. The van der Waals surface area contributed by atoms with Gasteiger partial charge in [0.15, 0.2) is 0 Å². The molecule has 1 aliphatic rings. The lowest BCUT2D eigenvalue weighted by atomic mass is 10.1. The summed E-state index contributed by atoms with van der Waals surface area (Å²) < 4.78 is 0. The van der Waals surface area contributed by atoms with E-state index in [0.717, 1.165) is 10.5 Å². The largest absolute Gasteiger partial charge is 0.480 e. The summed E-state index contributed by atoms with van der Waals surface area (Å²) in [5, 5.41) is 19.2. The second-order valence-corrected chi connectivity index (χ2v) is 5.61. The zero-order chi connectivity index (χ0) is 15.6. The molecule has 0 bridgehead atoms. The van der Waals surface area contributed by atoms with Crippen LogP contribution in [0, 0.1) is 0 Å². The first-order valence-corrected chi connectivity index (χ1v) is 6.97. The first-order valence-electron chi connectivity index (χ1n) is 6.60. The van der Waals surface area contributed by atoms with Crippen LogP contribution in [0.1, 0.15) is 12.0 Å². The van der Waals surface area contributed by atoms with E-state index < -0.39 is 30.1 Å². The third-order valence-electron chi connectivity index (χ3n) is 3.53. The average molecular weight is 313 g/mol. The molecule has 0 aromatic heterocycles. The van der Waals surface area contributed by atoms with E-state index in [1.54, 1.807) is 24.3 Å². The third kappa shape index (κ3) is 3.72. The number of carbonyl (C=O) groups is 2. The highest BCUT2D eigenvalue weighted by molar-refractivity contribution is 6.30. The average Bonchev–Trinajstić information content (AvgIpc) is 2.82. The third-order valence-corrected chi connectivity index (χ3v) is 3.79. The lowest BCUT2D eigenvalue weighted by Crippen LogP contribution is -2.49. The van der Waals surface area contributed by atoms with Gasteiger partial charge < -0.3 is 20.8 Å². The first-order chi connectivity index (χ1) is 9.88. The summed E-state index contributed by atoms with van der Waals surface area (Å²) in [6, 6.07) is 5.08. The topological polar surface area (TPSA) is 104 Å². The minimum atomic E-state index is -1.13. The summed E-state index contributed by atoms with van der Waals surface area (Å²) in [7, 11) is 0. The summed E-state index contributed by atoms with van der Waals surface area (Å²) in [4.78, 5) is 24.5. The number of nitrogens with two attached hydrogens (primary N) is 1. The molecule has 3 atom stereocenters. The van der Waals surface area contributed by atoms with Gasteiger partial charge in [0.2, 0.25) is 5.91 Å². The van der Waals surface area contributed by atoms with Gasteiger partial charge in [-0.25, -0.2) is 4.79 Å². The molecule has 21 heavy (non-hydrogen) atoms. The van der Waals surface area contributed by atoms with Gasteiger partial charge in [0, 0.05) is 18.0 Å². The highest BCUT2D eigenvalue weighted by Crippen LogP contribution is 2.20. The van der Waals surface area contributed by atoms with Gasteiger partial charge in [0.05, 0.1) is 12.1 Å². The molecule has 1 aromatic rings. The molecule has 1 aromatic carbocycles. The van der Waals surface area contributed by atoms with Crippen LogP contribution in [0.5, 0.6) is 0 Å². The van der Waals surface area contributed by atoms with Crippen molar-refractivity contribution in [2.45, 2.75) is 31.0 Å². The summed E-state index contributed by atoms with van der Waals surface area (Å²) in [6.07, 6.45) is -0.498. The quantitative estimate of drug-likeness (QED) is 0.739. The second-order valence-electron chi connectivity index (χ2n) is 5.17. The Hall–Kier alpha value is -1.63. The van der Waals surface area contributed by atoms with Crippen LogP contribution < -0.4 is 5.73 Å². The molecular weight excluding hydrogens is 296 g/mol. The van der Waals surface area contributed by atoms with Gasteiger partial charge in [-0.2, -0.15) is 0 Å². The Balaban J connectivity index is 2.04. The van der Waals surface area contributed by atoms with Gasteiger partial charge in [0.25, 0.3) is 0 Å². The summed E-state index contributed by atoms with van der Waals surface area (Å²) >= 11 is 5.78. The van der Waals surface area contributed by atoms with Gasteiger partial charge in [-0.1, -0.05) is 23.7 Å². The van der Waals surface area contributed by atoms with E-state index in [9.17, 15) is 14.7 Å². The maximum absolute atomic E-state index is 12.3. The Labute approximate surface area is 127 Å². The molecule has 1 amide bonds. The number of aliphatic carboxylic acids is 1. The van der Waals surface area contributed by atoms with E-state index in [4.69, 9.17) is 22.4 Å². The lowest BCUT2D eigenvalue weighted by molar-refractivity contribution is -0.148. The maximum atomic E-state index is 12.3. The molecule has 2 rings (SSSR count). The molecule has 7 heteroatoms. The van der Waals surface area contributed by atoms with Crippen molar-refractivity contribution in [2.24, 2.45) is 5.73 Å². The number of amides is 1. The fourth-order valence-corrected chi connectivity index (χ4v) is 2.59. The van der Waals surface area contributed by atoms with Gasteiger partial charge in [-0.15, -0.1) is 0 Å². The molecule has 0 spiro atoms. The van der Waals surface area contributed by atoms with Crippen molar-refractivity contribution >= 4 is 23.5 Å². The van der Waals surface area contributed by atoms with Crippen LogP contribution >= 0.6 is 11.6 Å². The number of β-amino-alcohol motifs (C(OH)–C–C–N with tert-alkyl or cyclic N) is 1. The molecule has 6 nitrogen and oxygen atoms in total. The standard InChI is InChI=1S/C14H17ClN2O4/c15-9-3-1-8(2-4-9)5-11(16)13(19)17-7-10(18)6-12(17)14(20)21/h1-4,10-12,18H,5-7,16H2,(H,20,21)/t10-,11?,12+/m1/s1. The van der Waals surface area contributed by atoms with Crippen molar-refractivity contribution in [3.63, 3.8) is 0 Å². The van der Waals surface area contributed by atoms with Crippen molar-refractivity contribution in [1.82, 2.24) is 4.90 Å². The second kappa shape index (κ2) is 6.43. The maximum Gasteiger partial charge on any atom is 0.326 e. The van der Waals surface area contributed by atoms with Crippen LogP contribution in [0.4, 0.5) is 0 Å². The highest BCUT2D eigenvalue weighted by Gasteiger charge is 2.40. The molecule has 1 unspecified atom stereocenters. The predicted molar refractivity (Wildman–Crippen MR) is 76.9 cm³/mol. The Bertz CT molecular complexity index is 534. The number of benzene rings is 1. The van der Waals surface area contributed by atoms with Gasteiger partial charge >= 0.3 is 5.97 Å². The number of carboxylic acids is 1. The molecule has 1 aliphatic heterocycles. The van der Waals surface area contributed by atoms with Gasteiger partial charge in [-0.3, -0.25) is 4.79 Å². The van der Waals surface area contributed by atoms with Crippen LogP contribution in [0.2, 0.25) is 5.02 Å². The molecule has 0 saturated carbocycles. The first kappa shape index (κ1) is 15.8. The Morgan fingerprint density at radius 2 is 2.00 bits per heavy atom. The monoisotopic (exact) mass is 312 g/mol. The van der Waals surface area contributed by atoms with E-state index in [1.165, 1.54) is 0 Å². The van der Waals surface area contributed by atoms with E-state index in [2.05, 4.69) is 0 Å². The number of hydrogen-bond donors (Lipinski definition) is 3. The van der Waals surface area contributed by atoms with Crippen LogP contribution in [0.25, 0.3) is 0 Å². The van der Waals surface area contributed by atoms with Crippen LogP contribution in [-0.2, 0) is 16.0 Å². The van der Waals surface area contributed by atoms with E-state index in [0.29, 0.717) is 5.02 Å². The number of hydrogen-bond acceptors (Lipinski definition) is 4. The Morgan fingerprint density at radius 1 is 1.38 bits per heavy atom. The van der Waals surface area contributed by atoms with Crippen molar-refractivity contribution in [3.8, 4) is 0 Å². The zero-order valence-corrected chi connectivity index (χ0v) is 12.0.